The van der Waals surface area contributed by atoms with Crippen LogP contribution in [0, 0.1) is 6.92 Å². The molecule has 1 saturated heterocycles. The summed E-state index contributed by atoms with van der Waals surface area (Å²) < 4.78 is 0. The molecule has 3 rings (SSSR count). The first-order valence-corrected chi connectivity index (χ1v) is 6.89. The van der Waals surface area contributed by atoms with E-state index >= 15 is 0 Å². The maximum atomic E-state index is 4.38. The number of nitrogens with zero attached hydrogens (tertiary/aromatic N) is 3. The minimum atomic E-state index is 0.508. The molecular formula is C16H19N3. The molecule has 0 saturated carbocycles. The summed E-state index contributed by atoms with van der Waals surface area (Å²) in [5, 5.41) is 0. The Balaban J connectivity index is 1.79. The molecule has 3 nitrogen and oxygen atoms in total. The first-order valence-electron chi connectivity index (χ1n) is 6.89. The van der Waals surface area contributed by atoms with E-state index in [-0.39, 0.29) is 0 Å². The topological polar surface area (TPSA) is 29.0 Å². The fourth-order valence-electron chi connectivity index (χ4n) is 2.87. The summed E-state index contributed by atoms with van der Waals surface area (Å²) in [5.74, 6) is 0. The predicted molar refractivity (Wildman–Crippen MR) is 75.6 cm³/mol. The van der Waals surface area contributed by atoms with Crippen molar-refractivity contribution in [2.45, 2.75) is 32.4 Å². The first-order chi connectivity index (χ1) is 9.34. The van der Waals surface area contributed by atoms with Crippen LogP contribution in [0.25, 0.3) is 0 Å². The second-order valence-electron chi connectivity index (χ2n) is 5.16. The molecule has 1 atom stereocenters. The highest BCUT2D eigenvalue weighted by Gasteiger charge is 2.26. The Labute approximate surface area is 114 Å². The average molecular weight is 253 g/mol. The van der Waals surface area contributed by atoms with E-state index in [0.717, 1.165) is 18.8 Å². The van der Waals surface area contributed by atoms with E-state index in [1.54, 1.807) is 0 Å². The molecule has 0 spiro atoms. The number of hydrogen-bond acceptors (Lipinski definition) is 3. The van der Waals surface area contributed by atoms with E-state index in [1.165, 1.54) is 24.0 Å². The second-order valence-corrected chi connectivity index (χ2v) is 5.16. The number of pyridine rings is 2. The molecule has 0 N–H and O–H groups in total. The van der Waals surface area contributed by atoms with Gasteiger partial charge in [0, 0.05) is 36.9 Å². The van der Waals surface area contributed by atoms with Crippen LogP contribution in [-0.2, 0) is 6.54 Å². The zero-order valence-corrected chi connectivity index (χ0v) is 11.3. The third-order valence-electron chi connectivity index (χ3n) is 3.92. The molecule has 1 aliphatic heterocycles. The largest absolute Gasteiger partial charge is 0.292 e. The lowest BCUT2D eigenvalue weighted by atomic mass is 10.1. The van der Waals surface area contributed by atoms with Crippen LogP contribution < -0.4 is 0 Å². The molecule has 0 amide bonds. The Bertz CT molecular complexity index is 539. The number of aryl methyl sites for hydroxylation is 1. The van der Waals surface area contributed by atoms with E-state index < -0.39 is 0 Å². The van der Waals surface area contributed by atoms with Gasteiger partial charge in [0.25, 0.3) is 0 Å². The lowest BCUT2D eigenvalue weighted by molar-refractivity contribution is 0.247. The first kappa shape index (κ1) is 12.3. The number of rotatable bonds is 3. The summed E-state index contributed by atoms with van der Waals surface area (Å²) >= 11 is 0. The number of aromatic nitrogens is 2. The fraction of sp³-hybridized carbons (Fsp3) is 0.375. The van der Waals surface area contributed by atoms with Crippen LogP contribution in [0.3, 0.4) is 0 Å². The maximum absolute atomic E-state index is 4.38. The Morgan fingerprint density at radius 3 is 2.95 bits per heavy atom. The molecule has 3 heteroatoms. The van der Waals surface area contributed by atoms with Crippen LogP contribution in [0.5, 0.6) is 0 Å². The number of likely N-dealkylation sites (tertiary alicyclic amines) is 1. The summed E-state index contributed by atoms with van der Waals surface area (Å²) in [6, 6.07) is 8.93. The van der Waals surface area contributed by atoms with Gasteiger partial charge in [-0.2, -0.15) is 0 Å². The van der Waals surface area contributed by atoms with Crippen molar-refractivity contribution in [2.75, 3.05) is 6.54 Å². The van der Waals surface area contributed by atoms with E-state index in [2.05, 4.69) is 33.9 Å². The summed E-state index contributed by atoms with van der Waals surface area (Å²) in [7, 11) is 0. The molecule has 1 aliphatic rings. The van der Waals surface area contributed by atoms with Crippen molar-refractivity contribution in [3.63, 3.8) is 0 Å². The zero-order chi connectivity index (χ0) is 13.1. The Morgan fingerprint density at radius 2 is 2.16 bits per heavy atom. The molecular weight excluding hydrogens is 234 g/mol. The third-order valence-corrected chi connectivity index (χ3v) is 3.92. The van der Waals surface area contributed by atoms with Crippen LogP contribution in [0.4, 0.5) is 0 Å². The van der Waals surface area contributed by atoms with Gasteiger partial charge in [-0.05, 0) is 49.6 Å². The van der Waals surface area contributed by atoms with Crippen molar-refractivity contribution < 1.29 is 0 Å². The van der Waals surface area contributed by atoms with Gasteiger partial charge in [-0.1, -0.05) is 12.1 Å². The smallest absolute Gasteiger partial charge is 0.0417 e. The SMILES string of the molecule is Cc1ncccc1CN1CCCC1c1cccnc1. The predicted octanol–water partition coefficient (Wildman–Crippen LogP) is 3.12. The highest BCUT2D eigenvalue weighted by Crippen LogP contribution is 2.32. The lowest BCUT2D eigenvalue weighted by Crippen LogP contribution is -2.23. The van der Waals surface area contributed by atoms with Gasteiger partial charge in [0.15, 0.2) is 0 Å². The van der Waals surface area contributed by atoms with Crippen molar-refractivity contribution in [1.82, 2.24) is 14.9 Å². The molecule has 1 fully saturated rings. The van der Waals surface area contributed by atoms with Crippen molar-refractivity contribution in [1.29, 1.82) is 0 Å². The van der Waals surface area contributed by atoms with Gasteiger partial charge < -0.3 is 0 Å². The summed E-state index contributed by atoms with van der Waals surface area (Å²) in [5.41, 5.74) is 3.80. The van der Waals surface area contributed by atoms with Gasteiger partial charge in [0.2, 0.25) is 0 Å². The van der Waals surface area contributed by atoms with E-state index in [9.17, 15) is 0 Å². The summed E-state index contributed by atoms with van der Waals surface area (Å²) in [4.78, 5) is 11.2. The minimum Gasteiger partial charge on any atom is -0.292 e. The molecule has 0 radical (unpaired) electrons. The monoisotopic (exact) mass is 253 g/mol. The number of hydrogen-bond donors (Lipinski definition) is 0. The lowest BCUT2D eigenvalue weighted by Gasteiger charge is -2.25. The maximum Gasteiger partial charge on any atom is 0.0417 e. The standard InChI is InChI=1S/C16H19N3/c1-13-15(6-3-9-18-13)12-19-10-4-7-16(19)14-5-2-8-17-11-14/h2-3,5-6,8-9,11,16H,4,7,10,12H2,1H3. The van der Waals surface area contributed by atoms with Crippen molar-refractivity contribution in [2.24, 2.45) is 0 Å². The van der Waals surface area contributed by atoms with Crippen molar-refractivity contribution >= 4 is 0 Å². The van der Waals surface area contributed by atoms with Crippen molar-refractivity contribution in [3.8, 4) is 0 Å². The van der Waals surface area contributed by atoms with Crippen molar-refractivity contribution in [3.05, 3.63) is 59.7 Å². The average Bonchev–Trinajstić information content (AvgIpc) is 2.91. The van der Waals surface area contributed by atoms with Gasteiger partial charge in [0.1, 0.15) is 0 Å². The molecule has 98 valence electrons. The molecule has 1 unspecified atom stereocenters. The fourth-order valence-corrected chi connectivity index (χ4v) is 2.87. The highest BCUT2D eigenvalue weighted by atomic mass is 15.2. The van der Waals surface area contributed by atoms with Crippen LogP contribution in [0.2, 0.25) is 0 Å². The molecule has 2 aromatic heterocycles. The quantitative estimate of drug-likeness (QED) is 0.841. The molecule has 19 heavy (non-hydrogen) atoms. The summed E-state index contributed by atoms with van der Waals surface area (Å²) in [6.07, 6.45) is 8.19. The Hall–Kier alpha value is -1.74. The normalized spacial score (nSPS) is 19.7. The van der Waals surface area contributed by atoms with Crippen LogP contribution in [0.1, 0.15) is 35.7 Å². The van der Waals surface area contributed by atoms with E-state index in [0.29, 0.717) is 6.04 Å². The summed E-state index contributed by atoms with van der Waals surface area (Å²) in [6.45, 7) is 4.23. The van der Waals surface area contributed by atoms with Gasteiger partial charge in [-0.25, -0.2) is 0 Å². The Kier molecular flexibility index (Phi) is 3.56. The van der Waals surface area contributed by atoms with E-state index in [4.69, 9.17) is 0 Å². The van der Waals surface area contributed by atoms with Gasteiger partial charge in [-0.15, -0.1) is 0 Å². The van der Waals surface area contributed by atoms with E-state index in [1.807, 2.05) is 30.7 Å². The van der Waals surface area contributed by atoms with Gasteiger partial charge >= 0.3 is 0 Å². The second kappa shape index (κ2) is 5.49. The van der Waals surface area contributed by atoms with Gasteiger partial charge in [-0.3, -0.25) is 14.9 Å². The zero-order valence-electron chi connectivity index (χ0n) is 11.3. The van der Waals surface area contributed by atoms with Crippen LogP contribution >= 0.6 is 0 Å². The molecule has 0 aromatic carbocycles. The Morgan fingerprint density at radius 1 is 1.26 bits per heavy atom. The highest BCUT2D eigenvalue weighted by molar-refractivity contribution is 5.20. The minimum absolute atomic E-state index is 0.508. The third kappa shape index (κ3) is 2.66. The van der Waals surface area contributed by atoms with Gasteiger partial charge in [0.05, 0.1) is 0 Å². The molecule has 0 bridgehead atoms. The van der Waals surface area contributed by atoms with Crippen LogP contribution in [-0.4, -0.2) is 21.4 Å². The molecule has 2 aromatic rings. The molecule has 3 heterocycles. The molecule has 0 aliphatic carbocycles. The van der Waals surface area contributed by atoms with Crippen LogP contribution in [0.15, 0.2) is 42.9 Å².